The Morgan fingerprint density at radius 2 is 2.19 bits per heavy atom. The molecule has 0 aliphatic rings. The molecule has 5 nitrogen and oxygen atoms in total. The van der Waals surface area contributed by atoms with E-state index in [9.17, 15) is 19.3 Å². The molecule has 0 unspecified atom stereocenters. The van der Waals surface area contributed by atoms with Crippen LogP contribution in [0.1, 0.15) is 12.5 Å². The molecule has 0 N–H and O–H groups in total. The van der Waals surface area contributed by atoms with Gasteiger partial charge in [-0.1, -0.05) is 0 Å². The molecule has 0 radical (unpaired) electrons. The average molecular weight is 227 g/mol. The van der Waals surface area contributed by atoms with Gasteiger partial charge in [-0.2, -0.15) is 0 Å². The van der Waals surface area contributed by atoms with E-state index >= 15 is 0 Å². The fourth-order valence-electron chi connectivity index (χ4n) is 1.22. The Hall–Kier alpha value is -1.98. The highest BCUT2D eigenvalue weighted by molar-refractivity contribution is 5.72. The van der Waals surface area contributed by atoms with Crippen LogP contribution in [0.2, 0.25) is 0 Å². The average Bonchev–Trinajstić information content (AvgIpc) is 2.16. The number of nitro groups is 1. The van der Waals surface area contributed by atoms with Crippen LogP contribution in [0.25, 0.3) is 0 Å². The molecule has 1 rings (SSSR count). The van der Waals surface area contributed by atoms with Gasteiger partial charge < -0.3 is 4.74 Å². The molecule has 0 atom stereocenters. The van der Waals surface area contributed by atoms with Gasteiger partial charge in [0.25, 0.3) is 5.69 Å². The monoisotopic (exact) mass is 227 g/mol. The van der Waals surface area contributed by atoms with Gasteiger partial charge in [-0.15, -0.1) is 0 Å². The number of hydrogen-bond acceptors (Lipinski definition) is 4. The molecule has 0 aliphatic carbocycles. The predicted molar refractivity (Wildman–Crippen MR) is 53.4 cm³/mol. The topological polar surface area (TPSA) is 69.4 Å². The first-order chi connectivity index (χ1) is 7.52. The Balaban J connectivity index is 2.88. The Labute approximate surface area is 91.0 Å². The third kappa shape index (κ3) is 3.30. The summed E-state index contributed by atoms with van der Waals surface area (Å²) in [6, 6.07) is 3.03. The molecule has 0 heterocycles. The number of benzene rings is 1. The second kappa shape index (κ2) is 5.20. The van der Waals surface area contributed by atoms with Crippen molar-refractivity contribution in [3.63, 3.8) is 0 Å². The number of ether oxygens (including phenoxy) is 1. The zero-order valence-corrected chi connectivity index (χ0v) is 8.60. The number of halogens is 1. The Morgan fingerprint density at radius 3 is 2.75 bits per heavy atom. The summed E-state index contributed by atoms with van der Waals surface area (Å²) < 4.78 is 17.6. The van der Waals surface area contributed by atoms with Crippen molar-refractivity contribution in [1.82, 2.24) is 0 Å². The molecule has 0 aliphatic heterocycles. The lowest BCUT2D eigenvalue weighted by Gasteiger charge is -2.02. The number of carbonyl (C=O) groups is 1. The van der Waals surface area contributed by atoms with Crippen molar-refractivity contribution in [1.29, 1.82) is 0 Å². The van der Waals surface area contributed by atoms with E-state index < -0.39 is 16.7 Å². The van der Waals surface area contributed by atoms with E-state index in [1.165, 1.54) is 0 Å². The normalized spacial score (nSPS) is 9.88. The van der Waals surface area contributed by atoms with Crippen molar-refractivity contribution in [2.24, 2.45) is 0 Å². The molecule has 0 spiro atoms. The van der Waals surface area contributed by atoms with Gasteiger partial charge in [-0.25, -0.2) is 4.39 Å². The van der Waals surface area contributed by atoms with E-state index in [1.54, 1.807) is 6.92 Å². The minimum absolute atomic E-state index is 0.174. The van der Waals surface area contributed by atoms with Crippen LogP contribution in [0.15, 0.2) is 18.2 Å². The lowest BCUT2D eigenvalue weighted by molar-refractivity contribution is -0.385. The van der Waals surface area contributed by atoms with Crippen molar-refractivity contribution in [2.45, 2.75) is 13.3 Å². The number of esters is 1. The van der Waals surface area contributed by atoms with Crippen LogP contribution < -0.4 is 0 Å². The van der Waals surface area contributed by atoms with Gasteiger partial charge in [0, 0.05) is 6.07 Å². The first-order valence-corrected chi connectivity index (χ1v) is 4.62. The fraction of sp³-hybridized carbons (Fsp3) is 0.300. The Bertz CT molecular complexity index is 419. The van der Waals surface area contributed by atoms with Crippen LogP contribution in [0.5, 0.6) is 0 Å². The summed E-state index contributed by atoms with van der Waals surface area (Å²) in [5, 5.41) is 10.4. The van der Waals surface area contributed by atoms with Gasteiger partial charge in [-0.3, -0.25) is 14.9 Å². The first kappa shape index (κ1) is 12.1. The number of nitro benzene ring substituents is 1. The SMILES string of the molecule is CCOC(=O)Cc1cc(F)cc([N+](=O)[O-])c1. The first-order valence-electron chi connectivity index (χ1n) is 4.62. The largest absolute Gasteiger partial charge is 0.466 e. The summed E-state index contributed by atoms with van der Waals surface area (Å²) in [6.45, 7) is 1.86. The second-order valence-electron chi connectivity index (χ2n) is 3.06. The van der Waals surface area contributed by atoms with Crippen LogP contribution >= 0.6 is 0 Å². The standard InChI is InChI=1S/C10H10FNO4/c1-2-16-10(13)5-7-3-8(11)6-9(4-7)12(14)15/h3-4,6H,2,5H2,1H3. The minimum atomic E-state index is -0.742. The molecule has 0 bridgehead atoms. The summed E-state index contributed by atoms with van der Waals surface area (Å²) in [4.78, 5) is 20.8. The van der Waals surface area contributed by atoms with Crippen LogP contribution in [-0.4, -0.2) is 17.5 Å². The number of hydrogen-bond donors (Lipinski definition) is 0. The summed E-state index contributed by atoms with van der Waals surface area (Å²) in [7, 11) is 0. The molecular weight excluding hydrogens is 217 g/mol. The van der Waals surface area contributed by atoms with Crippen LogP contribution in [-0.2, 0) is 16.0 Å². The van der Waals surface area contributed by atoms with Crippen LogP contribution in [0.3, 0.4) is 0 Å². The molecule has 86 valence electrons. The lowest BCUT2D eigenvalue weighted by Crippen LogP contribution is -2.08. The number of nitrogens with zero attached hydrogens (tertiary/aromatic N) is 1. The third-order valence-electron chi connectivity index (χ3n) is 1.81. The van der Waals surface area contributed by atoms with Crippen molar-refractivity contribution in [3.8, 4) is 0 Å². The van der Waals surface area contributed by atoms with Crippen molar-refractivity contribution in [3.05, 3.63) is 39.7 Å². The van der Waals surface area contributed by atoms with Gasteiger partial charge >= 0.3 is 5.97 Å². The second-order valence-corrected chi connectivity index (χ2v) is 3.06. The van der Waals surface area contributed by atoms with Crippen molar-refractivity contribution in [2.75, 3.05) is 6.61 Å². The lowest BCUT2D eigenvalue weighted by atomic mass is 10.1. The highest BCUT2D eigenvalue weighted by atomic mass is 19.1. The van der Waals surface area contributed by atoms with Gasteiger partial charge in [0.2, 0.25) is 0 Å². The quantitative estimate of drug-likeness (QED) is 0.447. The molecule has 0 aromatic heterocycles. The molecule has 0 amide bonds. The number of rotatable bonds is 4. The van der Waals surface area contributed by atoms with Crippen LogP contribution in [0, 0.1) is 15.9 Å². The zero-order chi connectivity index (χ0) is 12.1. The van der Waals surface area contributed by atoms with E-state index in [0.29, 0.717) is 0 Å². The van der Waals surface area contributed by atoms with E-state index in [0.717, 1.165) is 18.2 Å². The van der Waals surface area contributed by atoms with E-state index in [2.05, 4.69) is 4.74 Å². The van der Waals surface area contributed by atoms with Crippen molar-refractivity contribution < 1.29 is 18.8 Å². The number of carbonyl (C=O) groups excluding carboxylic acids is 1. The van der Waals surface area contributed by atoms with Gasteiger partial charge in [-0.05, 0) is 18.6 Å². The maximum Gasteiger partial charge on any atom is 0.310 e. The summed E-state index contributed by atoms with van der Waals surface area (Å²) in [5.41, 5.74) is -0.149. The molecule has 16 heavy (non-hydrogen) atoms. The maximum atomic E-state index is 13.0. The highest BCUT2D eigenvalue weighted by Gasteiger charge is 2.12. The number of non-ortho nitro benzene ring substituents is 1. The summed E-state index contributed by atoms with van der Waals surface area (Å²) >= 11 is 0. The predicted octanol–water partition coefficient (Wildman–Crippen LogP) is 1.84. The maximum absolute atomic E-state index is 13.0. The fourth-order valence-corrected chi connectivity index (χ4v) is 1.22. The third-order valence-corrected chi connectivity index (χ3v) is 1.81. The Morgan fingerprint density at radius 1 is 1.50 bits per heavy atom. The molecule has 1 aromatic rings. The molecule has 0 saturated carbocycles. The smallest absolute Gasteiger partial charge is 0.310 e. The van der Waals surface area contributed by atoms with Gasteiger partial charge in [0.1, 0.15) is 5.82 Å². The van der Waals surface area contributed by atoms with E-state index in [4.69, 9.17) is 0 Å². The van der Waals surface area contributed by atoms with E-state index in [-0.39, 0.29) is 24.3 Å². The van der Waals surface area contributed by atoms with Crippen LogP contribution in [0.4, 0.5) is 10.1 Å². The van der Waals surface area contributed by atoms with Gasteiger partial charge in [0.15, 0.2) is 0 Å². The minimum Gasteiger partial charge on any atom is -0.466 e. The zero-order valence-electron chi connectivity index (χ0n) is 8.60. The van der Waals surface area contributed by atoms with E-state index in [1.807, 2.05) is 0 Å². The van der Waals surface area contributed by atoms with Gasteiger partial charge in [0.05, 0.1) is 24.0 Å². The Kier molecular flexibility index (Phi) is 3.93. The summed E-state index contributed by atoms with van der Waals surface area (Å²) in [6.07, 6.45) is -0.174. The molecule has 0 saturated heterocycles. The molecular formula is C10H10FNO4. The molecule has 6 heteroatoms. The summed E-state index contributed by atoms with van der Waals surface area (Å²) in [5.74, 6) is -1.28. The molecule has 1 aromatic carbocycles. The van der Waals surface area contributed by atoms with Crippen molar-refractivity contribution >= 4 is 11.7 Å². The molecule has 0 fully saturated rings. The highest BCUT2D eigenvalue weighted by Crippen LogP contribution is 2.16.